The number of fused-ring (bicyclic) bond motifs is 1. The topological polar surface area (TPSA) is 89.5 Å². The number of nitrogens with one attached hydrogen (secondary N) is 1. The van der Waals surface area contributed by atoms with E-state index in [9.17, 15) is 19.5 Å². The summed E-state index contributed by atoms with van der Waals surface area (Å²) in [6.07, 6.45) is 0. The van der Waals surface area contributed by atoms with Crippen LogP contribution in [0.2, 0.25) is 0 Å². The molecule has 1 aliphatic rings. The van der Waals surface area contributed by atoms with Crippen LogP contribution in [0.4, 0.5) is 5.69 Å². The lowest BCUT2D eigenvalue weighted by Crippen LogP contribution is -2.34. The number of benzene rings is 2. The first kappa shape index (κ1) is 13.8. The van der Waals surface area contributed by atoms with Gasteiger partial charge in [0.05, 0.1) is 23.8 Å². The van der Waals surface area contributed by atoms with Gasteiger partial charge >= 0.3 is 0 Å². The van der Waals surface area contributed by atoms with Crippen LogP contribution in [-0.2, 0) is 0 Å². The Hall–Kier alpha value is -3.15. The molecule has 0 saturated heterocycles. The number of carboxylic acid groups (broad SMARTS) is 1. The average Bonchev–Trinajstić information content (AvgIpc) is 2.78. The monoisotopic (exact) mass is 295 g/mol. The molecule has 2 aromatic rings. The number of aromatic carboxylic acids is 1. The summed E-state index contributed by atoms with van der Waals surface area (Å²) in [7, 11) is 0. The van der Waals surface area contributed by atoms with E-state index in [0.29, 0.717) is 16.8 Å². The summed E-state index contributed by atoms with van der Waals surface area (Å²) >= 11 is 0. The summed E-state index contributed by atoms with van der Waals surface area (Å²) in [6, 6.07) is 12.5. The highest BCUT2D eigenvalue weighted by atomic mass is 16.4. The molecule has 0 aliphatic carbocycles. The van der Waals surface area contributed by atoms with Gasteiger partial charge in [0.1, 0.15) is 0 Å². The van der Waals surface area contributed by atoms with E-state index < -0.39 is 5.97 Å². The molecule has 6 heteroatoms. The van der Waals surface area contributed by atoms with E-state index in [1.54, 1.807) is 36.4 Å². The van der Waals surface area contributed by atoms with Crippen LogP contribution >= 0.6 is 0 Å². The molecule has 0 bridgehead atoms. The number of imide groups is 1. The van der Waals surface area contributed by atoms with E-state index in [1.807, 2.05) is 0 Å². The van der Waals surface area contributed by atoms with Crippen molar-refractivity contribution in [1.29, 1.82) is 0 Å². The highest BCUT2D eigenvalue weighted by Crippen LogP contribution is 2.22. The van der Waals surface area contributed by atoms with Gasteiger partial charge in [0.2, 0.25) is 0 Å². The Balaban J connectivity index is 1.71. The van der Waals surface area contributed by atoms with Gasteiger partial charge in [0.15, 0.2) is 0 Å². The molecule has 0 fully saturated rings. The minimum absolute atomic E-state index is 0.0109. The minimum atomic E-state index is -1.26. The summed E-state index contributed by atoms with van der Waals surface area (Å²) in [4.78, 5) is 36.1. The first-order valence-electron chi connectivity index (χ1n) is 6.58. The molecule has 0 saturated carbocycles. The van der Waals surface area contributed by atoms with Gasteiger partial charge in [-0.15, -0.1) is 0 Å². The number of carbonyl (C=O) groups excluding carboxylic acids is 3. The number of hydrogen-bond donors (Lipinski definition) is 1. The molecule has 110 valence electrons. The van der Waals surface area contributed by atoms with Crippen LogP contribution in [0.3, 0.4) is 0 Å². The van der Waals surface area contributed by atoms with Crippen LogP contribution in [-0.4, -0.2) is 29.4 Å². The zero-order valence-electron chi connectivity index (χ0n) is 11.4. The quantitative estimate of drug-likeness (QED) is 0.839. The van der Waals surface area contributed by atoms with Crippen molar-refractivity contribution in [3.63, 3.8) is 0 Å². The van der Waals surface area contributed by atoms with Crippen molar-refractivity contribution >= 4 is 23.5 Å². The van der Waals surface area contributed by atoms with Gasteiger partial charge < -0.3 is 15.2 Å². The third-order valence-electron chi connectivity index (χ3n) is 3.44. The number of amides is 2. The molecule has 1 heterocycles. The third kappa shape index (κ3) is 2.31. The SMILES string of the molecule is O=C([O-])c1ccc(NCN2C(=O)c3ccccc3C2=O)cc1. The van der Waals surface area contributed by atoms with Crippen molar-refractivity contribution in [3.05, 3.63) is 65.2 Å². The second-order valence-electron chi connectivity index (χ2n) is 4.78. The fraction of sp³-hybridized carbons (Fsp3) is 0.0625. The van der Waals surface area contributed by atoms with Gasteiger partial charge in [0, 0.05) is 5.69 Å². The molecular weight excluding hydrogens is 284 g/mol. The van der Waals surface area contributed by atoms with E-state index in [4.69, 9.17) is 0 Å². The number of carboxylic acids is 1. The second-order valence-corrected chi connectivity index (χ2v) is 4.78. The Morgan fingerprint density at radius 2 is 1.50 bits per heavy atom. The van der Waals surface area contributed by atoms with Crippen molar-refractivity contribution in [2.45, 2.75) is 0 Å². The molecule has 0 atom stereocenters. The maximum absolute atomic E-state index is 12.2. The molecular formula is C16H11N2O4-. The zero-order valence-corrected chi connectivity index (χ0v) is 11.4. The maximum atomic E-state index is 12.2. The Kier molecular flexibility index (Phi) is 3.34. The normalized spacial score (nSPS) is 13.2. The smallest absolute Gasteiger partial charge is 0.263 e. The largest absolute Gasteiger partial charge is 0.545 e. The summed E-state index contributed by atoms with van der Waals surface area (Å²) in [6.45, 7) is 0.0109. The predicted octanol–water partition coefficient (Wildman–Crippen LogP) is 0.716. The number of hydrogen-bond acceptors (Lipinski definition) is 5. The van der Waals surface area contributed by atoms with E-state index in [1.165, 1.54) is 12.1 Å². The van der Waals surface area contributed by atoms with E-state index in [0.717, 1.165) is 4.90 Å². The number of nitrogens with zero attached hydrogens (tertiary/aromatic N) is 1. The molecule has 0 unspecified atom stereocenters. The molecule has 2 amide bonds. The molecule has 3 rings (SSSR count). The average molecular weight is 295 g/mol. The van der Waals surface area contributed by atoms with E-state index >= 15 is 0 Å². The number of rotatable bonds is 4. The first-order valence-corrected chi connectivity index (χ1v) is 6.58. The van der Waals surface area contributed by atoms with Gasteiger partial charge in [-0.05, 0) is 29.8 Å². The Labute approximate surface area is 126 Å². The second kappa shape index (κ2) is 5.33. The lowest BCUT2D eigenvalue weighted by Gasteiger charge is -2.16. The highest BCUT2D eigenvalue weighted by Gasteiger charge is 2.34. The third-order valence-corrected chi connectivity index (χ3v) is 3.44. The first-order chi connectivity index (χ1) is 10.6. The highest BCUT2D eigenvalue weighted by molar-refractivity contribution is 6.21. The van der Waals surface area contributed by atoms with Gasteiger partial charge in [-0.2, -0.15) is 0 Å². The lowest BCUT2D eigenvalue weighted by molar-refractivity contribution is -0.255. The predicted molar refractivity (Wildman–Crippen MR) is 76.2 cm³/mol. The van der Waals surface area contributed by atoms with Crippen molar-refractivity contribution < 1.29 is 19.5 Å². The van der Waals surface area contributed by atoms with Gasteiger partial charge in [-0.3, -0.25) is 14.5 Å². The van der Waals surface area contributed by atoms with Crippen molar-refractivity contribution in [2.24, 2.45) is 0 Å². The zero-order chi connectivity index (χ0) is 15.7. The molecule has 0 aromatic heterocycles. The Morgan fingerprint density at radius 1 is 0.955 bits per heavy atom. The van der Waals surface area contributed by atoms with Crippen LogP contribution < -0.4 is 10.4 Å². The van der Waals surface area contributed by atoms with Crippen LogP contribution in [0.15, 0.2) is 48.5 Å². The standard InChI is InChI=1S/C16H12N2O4/c19-14-12-3-1-2-4-13(12)15(20)18(14)9-17-11-7-5-10(6-8-11)16(21)22/h1-8,17H,9H2,(H,21,22)/p-1. The minimum Gasteiger partial charge on any atom is -0.545 e. The van der Waals surface area contributed by atoms with E-state index in [-0.39, 0.29) is 24.0 Å². The fourth-order valence-electron chi connectivity index (χ4n) is 2.28. The molecule has 22 heavy (non-hydrogen) atoms. The molecule has 0 radical (unpaired) electrons. The van der Waals surface area contributed by atoms with Crippen molar-refractivity contribution in [1.82, 2.24) is 4.90 Å². The van der Waals surface area contributed by atoms with Gasteiger partial charge in [0.25, 0.3) is 11.8 Å². The van der Waals surface area contributed by atoms with Gasteiger partial charge in [-0.25, -0.2) is 0 Å². The van der Waals surface area contributed by atoms with Crippen LogP contribution in [0, 0.1) is 0 Å². The maximum Gasteiger partial charge on any atom is 0.263 e. The molecule has 6 nitrogen and oxygen atoms in total. The van der Waals surface area contributed by atoms with Crippen molar-refractivity contribution in [3.8, 4) is 0 Å². The Bertz CT molecular complexity index is 733. The number of anilines is 1. The summed E-state index contributed by atoms with van der Waals surface area (Å²) in [5.74, 6) is -1.95. The Morgan fingerprint density at radius 3 is 2.00 bits per heavy atom. The summed E-state index contributed by atoms with van der Waals surface area (Å²) in [5, 5.41) is 13.6. The molecule has 2 aromatic carbocycles. The number of carbonyl (C=O) groups is 3. The molecule has 1 aliphatic heterocycles. The lowest BCUT2D eigenvalue weighted by atomic mass is 10.1. The summed E-state index contributed by atoms with van der Waals surface area (Å²) in [5.41, 5.74) is 1.44. The van der Waals surface area contributed by atoms with Crippen LogP contribution in [0.25, 0.3) is 0 Å². The molecule has 0 spiro atoms. The molecule has 1 N–H and O–H groups in total. The van der Waals surface area contributed by atoms with Crippen LogP contribution in [0.5, 0.6) is 0 Å². The fourth-order valence-corrected chi connectivity index (χ4v) is 2.28. The summed E-state index contributed by atoms with van der Waals surface area (Å²) < 4.78 is 0. The van der Waals surface area contributed by atoms with Crippen molar-refractivity contribution in [2.75, 3.05) is 12.0 Å². The van der Waals surface area contributed by atoms with Gasteiger partial charge in [-0.1, -0.05) is 24.3 Å². The van der Waals surface area contributed by atoms with Crippen LogP contribution in [0.1, 0.15) is 31.1 Å². The van der Waals surface area contributed by atoms with E-state index in [2.05, 4.69) is 5.32 Å².